The highest BCUT2D eigenvalue weighted by molar-refractivity contribution is 6.32. The largest absolute Gasteiger partial charge is 0.488 e. The first-order chi connectivity index (χ1) is 7.19. The summed E-state index contributed by atoms with van der Waals surface area (Å²) in [6.45, 7) is 2.47. The molecule has 0 aliphatic rings. The first-order valence-corrected chi connectivity index (χ1v) is 5.59. The van der Waals surface area contributed by atoms with Gasteiger partial charge >= 0.3 is 0 Å². The van der Waals surface area contributed by atoms with E-state index in [0.29, 0.717) is 17.5 Å². The van der Waals surface area contributed by atoms with Gasteiger partial charge in [0.05, 0.1) is 12.5 Å². The zero-order valence-corrected chi connectivity index (χ0v) is 10.3. The van der Waals surface area contributed by atoms with Crippen molar-refractivity contribution in [2.75, 3.05) is 13.7 Å². The number of hydrogen-bond donors (Lipinski definition) is 0. The third kappa shape index (κ3) is 3.56. The van der Waals surface area contributed by atoms with E-state index in [1.807, 2.05) is 19.1 Å². The summed E-state index contributed by atoms with van der Waals surface area (Å²) in [4.78, 5) is 0. The van der Waals surface area contributed by atoms with Crippen LogP contribution < -0.4 is 4.74 Å². The van der Waals surface area contributed by atoms with E-state index in [1.54, 1.807) is 13.2 Å². The fraction of sp³-hybridized carbons (Fsp3) is 0.455. The molecule has 1 atom stereocenters. The quantitative estimate of drug-likeness (QED) is 0.743. The lowest BCUT2D eigenvalue weighted by Gasteiger charge is -2.16. The summed E-state index contributed by atoms with van der Waals surface area (Å²) in [6.07, 6.45) is -0.0181. The molecule has 0 bridgehead atoms. The molecular weight excluding hydrogens is 235 g/mol. The SMILES string of the molecule is COCC(C)Oc1cccc(Cl)c1CCl. The lowest BCUT2D eigenvalue weighted by Crippen LogP contribution is -2.18. The number of alkyl halides is 1. The number of hydrogen-bond acceptors (Lipinski definition) is 2. The van der Waals surface area contributed by atoms with Gasteiger partial charge in [-0.15, -0.1) is 11.6 Å². The van der Waals surface area contributed by atoms with Crippen LogP contribution in [0.3, 0.4) is 0 Å². The van der Waals surface area contributed by atoms with Crippen molar-refractivity contribution in [3.8, 4) is 5.75 Å². The van der Waals surface area contributed by atoms with Gasteiger partial charge in [0.15, 0.2) is 0 Å². The maximum atomic E-state index is 5.99. The van der Waals surface area contributed by atoms with Gasteiger partial charge in [-0.25, -0.2) is 0 Å². The highest BCUT2D eigenvalue weighted by Crippen LogP contribution is 2.28. The number of rotatable bonds is 5. The van der Waals surface area contributed by atoms with Crippen LogP contribution >= 0.6 is 23.2 Å². The Labute approximate surface area is 100 Å². The Morgan fingerprint density at radius 3 is 2.73 bits per heavy atom. The van der Waals surface area contributed by atoms with E-state index in [9.17, 15) is 0 Å². The molecule has 0 aromatic heterocycles. The lowest BCUT2D eigenvalue weighted by molar-refractivity contribution is 0.0916. The molecule has 15 heavy (non-hydrogen) atoms. The highest BCUT2D eigenvalue weighted by Gasteiger charge is 2.10. The van der Waals surface area contributed by atoms with Crippen molar-refractivity contribution in [2.45, 2.75) is 18.9 Å². The molecule has 0 saturated heterocycles. The summed E-state index contributed by atoms with van der Waals surface area (Å²) in [5.41, 5.74) is 0.823. The van der Waals surface area contributed by atoms with Gasteiger partial charge in [-0.1, -0.05) is 17.7 Å². The predicted molar refractivity (Wildman–Crippen MR) is 63.0 cm³/mol. The maximum Gasteiger partial charge on any atom is 0.125 e. The van der Waals surface area contributed by atoms with Crippen molar-refractivity contribution in [2.24, 2.45) is 0 Å². The first kappa shape index (κ1) is 12.6. The average Bonchev–Trinajstić information content (AvgIpc) is 2.18. The zero-order chi connectivity index (χ0) is 11.3. The normalized spacial score (nSPS) is 12.5. The van der Waals surface area contributed by atoms with E-state index in [0.717, 1.165) is 11.3 Å². The molecule has 1 aromatic carbocycles. The smallest absolute Gasteiger partial charge is 0.125 e. The molecule has 0 saturated carbocycles. The van der Waals surface area contributed by atoms with Crippen molar-refractivity contribution >= 4 is 23.2 Å². The fourth-order valence-corrected chi connectivity index (χ4v) is 1.84. The van der Waals surface area contributed by atoms with Gasteiger partial charge in [0.1, 0.15) is 11.9 Å². The van der Waals surface area contributed by atoms with Crippen LogP contribution in [0.1, 0.15) is 12.5 Å². The molecule has 0 aliphatic heterocycles. The van der Waals surface area contributed by atoms with E-state index in [4.69, 9.17) is 32.7 Å². The van der Waals surface area contributed by atoms with Gasteiger partial charge in [0, 0.05) is 17.7 Å². The van der Waals surface area contributed by atoms with Crippen molar-refractivity contribution in [1.29, 1.82) is 0 Å². The average molecular weight is 249 g/mol. The number of benzene rings is 1. The van der Waals surface area contributed by atoms with Gasteiger partial charge in [-0.05, 0) is 19.1 Å². The molecule has 0 N–H and O–H groups in total. The van der Waals surface area contributed by atoms with Crippen molar-refractivity contribution < 1.29 is 9.47 Å². The Morgan fingerprint density at radius 1 is 1.40 bits per heavy atom. The van der Waals surface area contributed by atoms with Gasteiger partial charge in [-0.3, -0.25) is 0 Å². The van der Waals surface area contributed by atoms with Crippen LogP contribution in [-0.4, -0.2) is 19.8 Å². The molecule has 84 valence electrons. The Bertz CT molecular complexity index is 315. The third-order valence-electron chi connectivity index (χ3n) is 1.94. The summed E-state index contributed by atoms with van der Waals surface area (Å²) >= 11 is 11.8. The molecule has 4 heteroatoms. The number of methoxy groups -OCH3 is 1. The highest BCUT2D eigenvalue weighted by atomic mass is 35.5. The van der Waals surface area contributed by atoms with Gasteiger partial charge in [0.25, 0.3) is 0 Å². The van der Waals surface area contributed by atoms with Gasteiger partial charge in [-0.2, -0.15) is 0 Å². The summed E-state index contributed by atoms with van der Waals surface area (Å²) in [7, 11) is 1.64. The van der Waals surface area contributed by atoms with E-state index in [1.165, 1.54) is 0 Å². The molecular formula is C11H14Cl2O2. The molecule has 0 aliphatic carbocycles. The second-order valence-corrected chi connectivity index (χ2v) is 3.91. The molecule has 1 aromatic rings. The van der Waals surface area contributed by atoms with Crippen LogP contribution in [0.5, 0.6) is 5.75 Å². The predicted octanol–water partition coefficient (Wildman–Crippen LogP) is 3.49. The van der Waals surface area contributed by atoms with E-state index in [-0.39, 0.29) is 6.10 Å². The Hall–Kier alpha value is -0.440. The standard InChI is InChI=1S/C11H14Cl2O2/c1-8(7-14-2)15-11-5-3-4-10(13)9(11)6-12/h3-5,8H,6-7H2,1-2H3. The van der Waals surface area contributed by atoms with Crippen LogP contribution in [0.15, 0.2) is 18.2 Å². The minimum Gasteiger partial charge on any atom is -0.488 e. The van der Waals surface area contributed by atoms with Crippen LogP contribution in [0.4, 0.5) is 0 Å². The lowest BCUT2D eigenvalue weighted by atomic mass is 10.2. The Balaban J connectivity index is 2.80. The maximum absolute atomic E-state index is 5.99. The Kier molecular flexibility index (Phi) is 5.23. The van der Waals surface area contributed by atoms with E-state index >= 15 is 0 Å². The second-order valence-electron chi connectivity index (χ2n) is 3.23. The summed E-state index contributed by atoms with van der Waals surface area (Å²) < 4.78 is 10.7. The third-order valence-corrected chi connectivity index (χ3v) is 2.56. The van der Waals surface area contributed by atoms with Crippen LogP contribution in [-0.2, 0) is 10.6 Å². The molecule has 0 heterocycles. The zero-order valence-electron chi connectivity index (χ0n) is 8.80. The van der Waals surface area contributed by atoms with Crippen LogP contribution in [0.2, 0.25) is 5.02 Å². The molecule has 1 rings (SSSR count). The molecule has 1 unspecified atom stereocenters. The van der Waals surface area contributed by atoms with Gasteiger partial charge in [0.2, 0.25) is 0 Å². The van der Waals surface area contributed by atoms with Crippen molar-refractivity contribution in [3.05, 3.63) is 28.8 Å². The first-order valence-electron chi connectivity index (χ1n) is 4.68. The Morgan fingerprint density at radius 2 is 2.13 bits per heavy atom. The van der Waals surface area contributed by atoms with Crippen molar-refractivity contribution in [1.82, 2.24) is 0 Å². The van der Waals surface area contributed by atoms with Crippen LogP contribution in [0, 0.1) is 0 Å². The van der Waals surface area contributed by atoms with E-state index in [2.05, 4.69) is 0 Å². The molecule has 0 spiro atoms. The topological polar surface area (TPSA) is 18.5 Å². The fourth-order valence-electron chi connectivity index (χ4n) is 1.26. The molecule has 0 radical (unpaired) electrons. The van der Waals surface area contributed by atoms with Gasteiger partial charge < -0.3 is 9.47 Å². The molecule has 0 fully saturated rings. The minimum absolute atomic E-state index is 0.0181. The summed E-state index contributed by atoms with van der Waals surface area (Å²) in [6, 6.07) is 5.50. The molecule has 0 amide bonds. The summed E-state index contributed by atoms with van der Waals surface area (Å²) in [5, 5.41) is 0.632. The van der Waals surface area contributed by atoms with Crippen molar-refractivity contribution in [3.63, 3.8) is 0 Å². The monoisotopic (exact) mass is 248 g/mol. The van der Waals surface area contributed by atoms with Crippen LogP contribution in [0.25, 0.3) is 0 Å². The second kappa shape index (κ2) is 6.21. The number of halogens is 2. The number of ether oxygens (including phenoxy) is 2. The minimum atomic E-state index is -0.0181. The summed E-state index contributed by atoms with van der Waals surface area (Å²) in [5.74, 6) is 1.07. The van der Waals surface area contributed by atoms with E-state index < -0.39 is 0 Å². The molecule has 2 nitrogen and oxygen atoms in total.